The molecule has 0 radical (unpaired) electrons. The molecule has 4 heteroatoms. The van der Waals surface area contributed by atoms with E-state index in [-0.39, 0.29) is 0 Å². The van der Waals surface area contributed by atoms with Gasteiger partial charge in [0.15, 0.2) is 11.5 Å². The van der Waals surface area contributed by atoms with Crippen molar-refractivity contribution in [2.45, 2.75) is 39.3 Å². The Morgan fingerprint density at radius 3 is 2.89 bits per heavy atom. The molecule has 1 unspecified atom stereocenters. The van der Waals surface area contributed by atoms with Gasteiger partial charge >= 0.3 is 0 Å². The molecular formula is C14H20BrNO2. The molecule has 1 aliphatic rings. The molecule has 0 amide bonds. The maximum absolute atomic E-state index is 5.62. The van der Waals surface area contributed by atoms with E-state index in [1.54, 1.807) is 0 Å². The van der Waals surface area contributed by atoms with Crippen LogP contribution in [-0.2, 0) is 6.54 Å². The number of hydrogen-bond donors (Lipinski definition) is 1. The molecule has 2 rings (SSSR count). The van der Waals surface area contributed by atoms with Gasteiger partial charge in [0.05, 0.1) is 4.47 Å². The zero-order valence-corrected chi connectivity index (χ0v) is 12.5. The normalized spacial score (nSPS) is 15.5. The average Bonchev–Trinajstić information content (AvgIpc) is 2.37. The fourth-order valence-corrected chi connectivity index (χ4v) is 2.70. The number of hydrogen-bond acceptors (Lipinski definition) is 3. The summed E-state index contributed by atoms with van der Waals surface area (Å²) in [7, 11) is 0. The van der Waals surface area contributed by atoms with Gasteiger partial charge in [-0.25, -0.2) is 0 Å². The van der Waals surface area contributed by atoms with Crippen LogP contribution < -0.4 is 14.8 Å². The van der Waals surface area contributed by atoms with Crippen LogP contribution >= 0.6 is 15.9 Å². The van der Waals surface area contributed by atoms with Gasteiger partial charge in [-0.15, -0.1) is 0 Å². The highest BCUT2D eigenvalue weighted by molar-refractivity contribution is 9.10. The van der Waals surface area contributed by atoms with Crippen molar-refractivity contribution in [1.82, 2.24) is 5.32 Å². The molecule has 3 nitrogen and oxygen atoms in total. The van der Waals surface area contributed by atoms with Gasteiger partial charge in [0.1, 0.15) is 13.2 Å². The molecule has 0 bridgehead atoms. The van der Waals surface area contributed by atoms with Crippen molar-refractivity contribution in [2.24, 2.45) is 0 Å². The molecule has 1 aliphatic heterocycles. The number of nitrogens with one attached hydrogen (secondary N) is 1. The number of halogens is 1. The second kappa shape index (κ2) is 6.43. The maximum atomic E-state index is 5.62. The Morgan fingerprint density at radius 2 is 2.11 bits per heavy atom. The molecule has 0 spiro atoms. The smallest absolute Gasteiger partial charge is 0.175 e. The molecular weight excluding hydrogens is 294 g/mol. The van der Waals surface area contributed by atoms with E-state index in [9.17, 15) is 0 Å². The van der Waals surface area contributed by atoms with Crippen LogP contribution in [0, 0.1) is 0 Å². The van der Waals surface area contributed by atoms with Crippen molar-refractivity contribution in [1.29, 1.82) is 0 Å². The lowest BCUT2D eigenvalue weighted by molar-refractivity contribution is 0.170. The molecule has 0 saturated heterocycles. The van der Waals surface area contributed by atoms with Crippen molar-refractivity contribution < 1.29 is 9.47 Å². The minimum absolute atomic E-state index is 0.543. The summed E-state index contributed by atoms with van der Waals surface area (Å²) in [5.74, 6) is 1.67. The van der Waals surface area contributed by atoms with Crippen LogP contribution in [0.2, 0.25) is 0 Å². The Labute approximate surface area is 117 Å². The maximum Gasteiger partial charge on any atom is 0.175 e. The quantitative estimate of drug-likeness (QED) is 0.902. The van der Waals surface area contributed by atoms with Crippen LogP contribution in [0.3, 0.4) is 0 Å². The molecule has 0 aromatic heterocycles. The largest absolute Gasteiger partial charge is 0.486 e. The van der Waals surface area contributed by atoms with E-state index in [1.807, 2.05) is 0 Å². The first kappa shape index (κ1) is 13.7. The van der Waals surface area contributed by atoms with Crippen molar-refractivity contribution in [3.63, 3.8) is 0 Å². The van der Waals surface area contributed by atoms with E-state index < -0.39 is 0 Å². The summed E-state index contributed by atoms with van der Waals surface area (Å²) in [6, 6.07) is 4.70. The topological polar surface area (TPSA) is 30.5 Å². The molecule has 1 atom stereocenters. The van der Waals surface area contributed by atoms with Gasteiger partial charge < -0.3 is 14.8 Å². The molecule has 1 heterocycles. The lowest BCUT2D eigenvalue weighted by Crippen LogP contribution is -2.25. The molecule has 1 aromatic carbocycles. The van der Waals surface area contributed by atoms with E-state index in [4.69, 9.17) is 9.47 Å². The fraction of sp³-hybridized carbons (Fsp3) is 0.571. The van der Waals surface area contributed by atoms with Crippen LogP contribution in [0.25, 0.3) is 0 Å². The van der Waals surface area contributed by atoms with Gasteiger partial charge in [0, 0.05) is 12.6 Å². The molecule has 1 aromatic rings. The summed E-state index contributed by atoms with van der Waals surface area (Å²) in [5, 5.41) is 3.52. The Balaban J connectivity index is 2.03. The lowest BCUT2D eigenvalue weighted by atomic mass is 10.1. The van der Waals surface area contributed by atoms with Crippen LogP contribution in [0.5, 0.6) is 11.5 Å². The Bertz CT molecular complexity index is 409. The SMILES string of the molecule is CCCC(C)NCc1cc(Br)c2c(c1)OCCO2. The predicted octanol–water partition coefficient (Wildman–Crippen LogP) is 3.50. The van der Waals surface area contributed by atoms with Crippen molar-refractivity contribution in [2.75, 3.05) is 13.2 Å². The summed E-state index contributed by atoms with van der Waals surface area (Å²) < 4.78 is 12.2. The first-order valence-electron chi connectivity index (χ1n) is 6.52. The van der Waals surface area contributed by atoms with Crippen LogP contribution in [0.1, 0.15) is 32.3 Å². The molecule has 0 aliphatic carbocycles. The summed E-state index contributed by atoms with van der Waals surface area (Å²) in [4.78, 5) is 0. The third kappa shape index (κ3) is 3.39. The summed E-state index contributed by atoms with van der Waals surface area (Å²) in [6.45, 7) is 6.53. The van der Waals surface area contributed by atoms with Crippen LogP contribution in [0.15, 0.2) is 16.6 Å². The number of ether oxygens (including phenoxy) is 2. The summed E-state index contributed by atoms with van der Waals surface area (Å²) in [6.07, 6.45) is 2.41. The zero-order valence-electron chi connectivity index (χ0n) is 11.0. The Hall–Kier alpha value is -0.740. The average molecular weight is 314 g/mol. The fourth-order valence-electron chi connectivity index (χ4n) is 2.09. The van der Waals surface area contributed by atoms with E-state index in [0.717, 1.165) is 22.5 Å². The molecule has 0 saturated carbocycles. The van der Waals surface area contributed by atoms with Gasteiger partial charge in [-0.05, 0) is 47.0 Å². The monoisotopic (exact) mass is 313 g/mol. The first-order chi connectivity index (χ1) is 8.70. The molecule has 18 heavy (non-hydrogen) atoms. The number of fused-ring (bicyclic) bond motifs is 1. The lowest BCUT2D eigenvalue weighted by Gasteiger charge is -2.21. The predicted molar refractivity (Wildman–Crippen MR) is 76.3 cm³/mol. The van der Waals surface area contributed by atoms with Crippen molar-refractivity contribution in [3.8, 4) is 11.5 Å². The van der Waals surface area contributed by atoms with Gasteiger partial charge in [-0.3, -0.25) is 0 Å². The van der Waals surface area contributed by atoms with E-state index in [0.29, 0.717) is 19.3 Å². The van der Waals surface area contributed by atoms with Crippen molar-refractivity contribution in [3.05, 3.63) is 22.2 Å². The molecule has 1 N–H and O–H groups in total. The summed E-state index contributed by atoms with van der Waals surface area (Å²) >= 11 is 3.54. The number of benzene rings is 1. The highest BCUT2D eigenvalue weighted by atomic mass is 79.9. The Kier molecular flexibility index (Phi) is 4.89. The molecule has 100 valence electrons. The van der Waals surface area contributed by atoms with Gasteiger partial charge in [-0.2, -0.15) is 0 Å². The first-order valence-corrected chi connectivity index (χ1v) is 7.31. The van der Waals surface area contributed by atoms with E-state index in [2.05, 4.69) is 47.2 Å². The Morgan fingerprint density at radius 1 is 1.33 bits per heavy atom. The standard InChI is InChI=1S/C14H20BrNO2/c1-3-4-10(2)16-9-11-7-12(15)14-13(8-11)17-5-6-18-14/h7-8,10,16H,3-6,9H2,1-2H3. The second-order valence-electron chi connectivity index (χ2n) is 4.67. The van der Waals surface area contributed by atoms with E-state index in [1.165, 1.54) is 18.4 Å². The van der Waals surface area contributed by atoms with Crippen LogP contribution in [0.4, 0.5) is 0 Å². The number of rotatable bonds is 5. The highest BCUT2D eigenvalue weighted by Crippen LogP contribution is 2.38. The minimum atomic E-state index is 0.543. The molecule has 0 fully saturated rings. The van der Waals surface area contributed by atoms with Crippen LogP contribution in [-0.4, -0.2) is 19.3 Å². The third-order valence-electron chi connectivity index (χ3n) is 3.03. The van der Waals surface area contributed by atoms with Gasteiger partial charge in [0.2, 0.25) is 0 Å². The third-order valence-corrected chi connectivity index (χ3v) is 3.62. The minimum Gasteiger partial charge on any atom is -0.486 e. The highest BCUT2D eigenvalue weighted by Gasteiger charge is 2.16. The van der Waals surface area contributed by atoms with E-state index >= 15 is 0 Å². The second-order valence-corrected chi connectivity index (χ2v) is 5.53. The van der Waals surface area contributed by atoms with Gasteiger partial charge in [0.25, 0.3) is 0 Å². The zero-order chi connectivity index (χ0) is 13.0. The summed E-state index contributed by atoms with van der Waals surface area (Å²) in [5.41, 5.74) is 1.22. The van der Waals surface area contributed by atoms with Crippen molar-refractivity contribution >= 4 is 15.9 Å². The van der Waals surface area contributed by atoms with Gasteiger partial charge in [-0.1, -0.05) is 13.3 Å².